The molecule has 2 bridgehead atoms. The van der Waals surface area contributed by atoms with Crippen LogP contribution in [0.3, 0.4) is 0 Å². The molecule has 0 radical (unpaired) electrons. The first kappa shape index (κ1) is 50.8. The molecule has 20 nitrogen and oxygen atoms in total. The molecule has 0 spiro atoms. The first-order valence-corrected chi connectivity index (χ1v) is 21.7. The molecule has 0 aromatic heterocycles. The maximum absolute atomic E-state index is 12.5. The van der Waals surface area contributed by atoms with E-state index in [-0.39, 0.29) is 37.6 Å². The normalized spacial score (nSPS) is 21.6. The maximum Gasteiger partial charge on any atom is 0.429 e. The summed E-state index contributed by atoms with van der Waals surface area (Å²) in [5, 5.41) is 2.65. The van der Waals surface area contributed by atoms with E-state index in [4.69, 9.17) is 28.4 Å². The van der Waals surface area contributed by atoms with E-state index in [0.717, 1.165) is 25.4 Å². The molecule has 4 unspecified atom stereocenters. The van der Waals surface area contributed by atoms with Gasteiger partial charge < -0.3 is 28.4 Å². The lowest BCUT2D eigenvalue weighted by Gasteiger charge is -2.36. The zero-order valence-electron chi connectivity index (χ0n) is 35.2. The Hall–Kier alpha value is -3.18. The number of nitrogens with zero attached hydrogens (tertiary/aromatic N) is 2. The monoisotopic (exact) mass is 848 g/mol. The van der Waals surface area contributed by atoms with Gasteiger partial charge in [-0.25, -0.2) is 40.0 Å². The summed E-state index contributed by atoms with van der Waals surface area (Å²) in [6.45, 7) is 21.6. The highest BCUT2D eigenvalue weighted by atomic mass is 32.2. The largest absolute Gasteiger partial charge is 0.443 e. The Balaban J connectivity index is 0.000000431. The number of carbonyl (C=O) groups excluding carboxylic acids is 4. The molecule has 0 aromatic rings. The van der Waals surface area contributed by atoms with Crippen LogP contribution in [0.15, 0.2) is 0 Å². The number of amides is 4. The Morgan fingerprint density at radius 3 is 1.11 bits per heavy atom. The van der Waals surface area contributed by atoms with Crippen molar-refractivity contribution in [2.45, 2.75) is 156 Å². The molecule has 0 aliphatic carbocycles. The van der Waals surface area contributed by atoms with Gasteiger partial charge in [0.2, 0.25) is 0 Å². The Labute approximate surface area is 332 Å². The van der Waals surface area contributed by atoms with E-state index in [2.05, 4.69) is 19.2 Å². The highest BCUT2D eigenvalue weighted by Gasteiger charge is 2.42. The van der Waals surface area contributed by atoms with Crippen molar-refractivity contribution in [2.24, 2.45) is 0 Å². The molecule has 22 heteroatoms. The van der Waals surface area contributed by atoms with Gasteiger partial charge in [-0.2, -0.15) is 16.8 Å². The van der Waals surface area contributed by atoms with Crippen molar-refractivity contribution in [3.8, 4) is 0 Å². The van der Waals surface area contributed by atoms with Crippen LogP contribution in [0.4, 0.5) is 19.2 Å². The van der Waals surface area contributed by atoms with Crippen molar-refractivity contribution in [1.82, 2.24) is 20.9 Å². The molecule has 3 aliphatic heterocycles. The average Bonchev–Trinajstić information content (AvgIpc) is 3.56. The number of hydrogen-bond acceptors (Lipinski definition) is 16. The van der Waals surface area contributed by atoms with Crippen LogP contribution in [0, 0.1) is 0 Å². The van der Waals surface area contributed by atoms with E-state index in [9.17, 15) is 36.0 Å². The van der Waals surface area contributed by atoms with Crippen LogP contribution in [-0.2, 0) is 57.0 Å². The first-order valence-electron chi connectivity index (χ1n) is 18.1. The third-order valence-electron chi connectivity index (χ3n) is 6.64. The van der Waals surface area contributed by atoms with Crippen molar-refractivity contribution in [3.63, 3.8) is 0 Å². The minimum absolute atomic E-state index is 0.0474. The Morgan fingerprint density at radius 2 is 0.839 bits per heavy atom. The quantitative estimate of drug-likeness (QED) is 0.214. The molecule has 328 valence electrons. The van der Waals surface area contributed by atoms with E-state index < -0.39 is 67.0 Å². The summed E-state index contributed by atoms with van der Waals surface area (Å²) >= 11 is 0. The van der Waals surface area contributed by atoms with E-state index in [1.807, 2.05) is 0 Å². The maximum atomic E-state index is 12.5. The fraction of sp³-hybridized carbons (Fsp3) is 0.882. The topological polar surface area (TPSA) is 241 Å². The lowest BCUT2D eigenvalue weighted by Crippen LogP contribution is -2.55. The number of hydrazine groups is 2. The van der Waals surface area contributed by atoms with Gasteiger partial charge in [-0.3, -0.25) is 8.37 Å². The summed E-state index contributed by atoms with van der Waals surface area (Å²) in [5.41, 5.74) is 1.66. The molecular weight excluding hydrogens is 785 g/mol. The van der Waals surface area contributed by atoms with Crippen LogP contribution in [0.2, 0.25) is 0 Å². The van der Waals surface area contributed by atoms with Gasteiger partial charge in [0.25, 0.3) is 20.2 Å². The zero-order valence-corrected chi connectivity index (χ0v) is 36.8. The van der Waals surface area contributed by atoms with Crippen LogP contribution in [0.5, 0.6) is 0 Å². The zero-order chi connectivity index (χ0) is 43.5. The number of fused-ring (bicyclic) bond motifs is 2. The summed E-state index contributed by atoms with van der Waals surface area (Å²) in [4.78, 5) is 47.3. The third-order valence-corrected chi connectivity index (χ3v) is 7.77. The first-order chi connectivity index (χ1) is 25.1. The standard InChI is InChI=1S/C16H28N2O5.C10H20N2O4.C8H16O7S2/c1-15(2,3)22-13(19)17-9-11-7-8-12(21-11)10-18(17)14(20)23-16(4,5)6;1-9(2,3)15-7(13)11-12-8(14)16-10(4,5)6;1-16(9,10)13-5-7-3-4-8(15-7)6-14-17(2,11)12/h11-12H,7-10H2,1-6H3;1-6H3,(H,11,13)(H,12,14);7-8H,3-6H2,1-2H3. The minimum atomic E-state index is -3.47. The highest BCUT2D eigenvalue weighted by molar-refractivity contribution is 7.86. The highest BCUT2D eigenvalue weighted by Crippen LogP contribution is 2.28. The molecule has 4 amide bonds. The van der Waals surface area contributed by atoms with E-state index in [1.54, 1.807) is 83.1 Å². The molecule has 3 rings (SSSR count). The van der Waals surface area contributed by atoms with Crippen molar-refractivity contribution in [2.75, 3.05) is 38.8 Å². The minimum Gasteiger partial charge on any atom is -0.443 e. The SMILES string of the molecule is CC(C)(C)OC(=O)N1CC2CCC(CN1C(=O)OC(C)(C)C)O2.CC(C)(C)OC(=O)NNC(=O)OC(C)(C)C.CS(=O)(=O)OCC1CCC(COS(C)(=O)=O)O1. The van der Waals surface area contributed by atoms with Gasteiger partial charge in [0, 0.05) is 0 Å². The predicted molar refractivity (Wildman–Crippen MR) is 202 cm³/mol. The van der Waals surface area contributed by atoms with Crippen LogP contribution >= 0.6 is 0 Å². The molecule has 3 fully saturated rings. The number of hydrogen-bond donors (Lipinski definition) is 2. The number of ether oxygens (including phenoxy) is 6. The van der Waals surface area contributed by atoms with Gasteiger partial charge in [-0.15, -0.1) is 0 Å². The fourth-order valence-electron chi connectivity index (χ4n) is 4.74. The Kier molecular flexibility index (Phi) is 18.6. The van der Waals surface area contributed by atoms with Crippen molar-refractivity contribution >= 4 is 44.6 Å². The van der Waals surface area contributed by atoms with Gasteiger partial charge in [-0.05, 0) is 109 Å². The van der Waals surface area contributed by atoms with E-state index >= 15 is 0 Å². The summed E-state index contributed by atoms with van der Waals surface area (Å²) in [5.74, 6) is 0. The smallest absolute Gasteiger partial charge is 0.429 e. The molecule has 3 aliphatic rings. The summed E-state index contributed by atoms with van der Waals surface area (Å²) in [7, 11) is -6.94. The van der Waals surface area contributed by atoms with Crippen LogP contribution in [-0.4, -0.2) is 137 Å². The molecule has 3 saturated heterocycles. The molecule has 3 heterocycles. The number of rotatable bonds is 6. The Morgan fingerprint density at radius 1 is 0.536 bits per heavy atom. The van der Waals surface area contributed by atoms with Crippen LogP contribution < -0.4 is 10.9 Å². The lowest BCUT2D eigenvalue weighted by molar-refractivity contribution is -0.0628. The van der Waals surface area contributed by atoms with Gasteiger partial charge >= 0.3 is 24.4 Å². The second kappa shape index (κ2) is 20.5. The molecule has 0 aromatic carbocycles. The molecule has 4 atom stereocenters. The van der Waals surface area contributed by atoms with Crippen LogP contribution in [0.1, 0.15) is 109 Å². The fourth-order valence-corrected chi connectivity index (χ4v) is 5.54. The molecule has 2 N–H and O–H groups in total. The third kappa shape index (κ3) is 24.5. The van der Waals surface area contributed by atoms with Crippen molar-refractivity contribution < 1.29 is 72.8 Å². The summed E-state index contributed by atoms with van der Waals surface area (Å²) in [6.07, 6.45) is 1.53. The van der Waals surface area contributed by atoms with Gasteiger partial charge in [0.15, 0.2) is 0 Å². The second-order valence-electron chi connectivity index (χ2n) is 17.3. The van der Waals surface area contributed by atoms with Crippen molar-refractivity contribution in [3.05, 3.63) is 0 Å². The molecular formula is C34H64N4O16S2. The van der Waals surface area contributed by atoms with Gasteiger partial charge in [-0.1, -0.05) is 0 Å². The average molecular weight is 849 g/mol. The van der Waals surface area contributed by atoms with Gasteiger partial charge in [0.1, 0.15) is 22.4 Å². The van der Waals surface area contributed by atoms with Crippen molar-refractivity contribution in [1.29, 1.82) is 0 Å². The van der Waals surface area contributed by atoms with Crippen LogP contribution in [0.25, 0.3) is 0 Å². The second-order valence-corrected chi connectivity index (χ2v) is 20.6. The van der Waals surface area contributed by atoms with E-state index in [1.165, 1.54) is 10.0 Å². The summed E-state index contributed by atoms with van der Waals surface area (Å²) < 4.78 is 84.0. The molecule has 56 heavy (non-hydrogen) atoms. The molecule has 0 saturated carbocycles. The number of carbonyl (C=O) groups is 4. The Bertz CT molecular complexity index is 1420. The predicted octanol–water partition coefficient (Wildman–Crippen LogP) is 4.37. The van der Waals surface area contributed by atoms with Gasteiger partial charge in [0.05, 0.1) is 63.2 Å². The summed E-state index contributed by atoms with van der Waals surface area (Å²) in [6, 6.07) is 0. The van der Waals surface area contributed by atoms with E-state index in [0.29, 0.717) is 25.9 Å². The number of nitrogens with one attached hydrogen (secondary N) is 2. The lowest BCUT2D eigenvalue weighted by atomic mass is 10.1.